The fourth-order valence-electron chi connectivity index (χ4n) is 3.11. The van der Waals surface area contributed by atoms with Gasteiger partial charge in [-0.3, -0.25) is 14.7 Å². The summed E-state index contributed by atoms with van der Waals surface area (Å²) in [4.78, 5) is 20.5. The number of ether oxygens (including phenoxy) is 1. The summed E-state index contributed by atoms with van der Waals surface area (Å²) < 4.78 is 5.55. The van der Waals surface area contributed by atoms with Crippen LogP contribution in [0.5, 0.6) is 0 Å². The van der Waals surface area contributed by atoms with E-state index in [1.165, 1.54) is 6.42 Å². The molecule has 0 aromatic rings. The zero-order chi connectivity index (χ0) is 19.2. The van der Waals surface area contributed by atoms with Crippen LogP contribution in [0, 0.1) is 0 Å². The van der Waals surface area contributed by atoms with Crippen molar-refractivity contribution in [2.24, 2.45) is 4.99 Å². The van der Waals surface area contributed by atoms with Crippen molar-refractivity contribution in [1.29, 1.82) is 0 Å². The van der Waals surface area contributed by atoms with Crippen LogP contribution in [0.2, 0.25) is 0 Å². The van der Waals surface area contributed by atoms with Crippen molar-refractivity contribution in [2.45, 2.75) is 51.5 Å². The molecule has 1 unspecified atom stereocenters. The lowest BCUT2D eigenvalue weighted by molar-refractivity contribution is -0.133. The minimum absolute atomic E-state index is 0. The van der Waals surface area contributed by atoms with Crippen LogP contribution < -0.4 is 10.6 Å². The Bertz CT molecular complexity index is 421. The third kappa shape index (κ3) is 11.1. The number of halogens is 1. The van der Waals surface area contributed by atoms with E-state index in [-0.39, 0.29) is 35.9 Å². The molecule has 8 heteroatoms. The van der Waals surface area contributed by atoms with Crippen molar-refractivity contribution in [3.8, 4) is 0 Å². The van der Waals surface area contributed by atoms with Crippen LogP contribution in [0.4, 0.5) is 0 Å². The first-order chi connectivity index (χ1) is 12.6. The molecule has 0 aliphatic carbocycles. The molecule has 0 spiro atoms. The fraction of sp³-hybridized carbons (Fsp3) is 0.895. The predicted octanol–water partition coefficient (Wildman–Crippen LogP) is 1.92. The molecule has 0 saturated carbocycles. The highest BCUT2D eigenvalue weighted by molar-refractivity contribution is 14.0. The molecule has 1 amide bonds. The van der Waals surface area contributed by atoms with Crippen LogP contribution in [0.25, 0.3) is 0 Å². The summed E-state index contributed by atoms with van der Waals surface area (Å²) in [5.41, 5.74) is 0. The second-order valence-corrected chi connectivity index (χ2v) is 7.03. The molecule has 160 valence electrons. The maximum Gasteiger partial charge on any atom is 0.239 e. The van der Waals surface area contributed by atoms with Gasteiger partial charge in [-0.2, -0.15) is 0 Å². The van der Waals surface area contributed by atoms with Crippen LogP contribution in [0.3, 0.4) is 0 Å². The number of nitrogens with zero attached hydrogens (tertiary/aromatic N) is 3. The third-order valence-electron chi connectivity index (χ3n) is 4.63. The molecular weight excluding hydrogens is 457 g/mol. The van der Waals surface area contributed by atoms with Crippen LogP contribution >= 0.6 is 24.0 Å². The topological polar surface area (TPSA) is 69.2 Å². The molecule has 0 bridgehead atoms. The highest BCUT2D eigenvalue weighted by Crippen LogP contribution is 2.18. The first-order valence-corrected chi connectivity index (χ1v) is 10.1. The fourth-order valence-corrected chi connectivity index (χ4v) is 3.11. The first kappa shape index (κ1) is 26.4. The summed E-state index contributed by atoms with van der Waals surface area (Å²) in [6, 6.07) is 0.0649. The average molecular weight is 497 g/mol. The standard InChI is InChI=1S/C19H39N5O2.HI/c1-5-6-15-26-16-9-12-22-19(20-2)21-11-8-14-24-13-7-10-17(24)18(25)23(3)4;/h17H,5-16H2,1-4H3,(H2,20,21,22);1H. The lowest BCUT2D eigenvalue weighted by Crippen LogP contribution is -2.44. The van der Waals surface area contributed by atoms with Gasteiger partial charge in [0.25, 0.3) is 0 Å². The Morgan fingerprint density at radius 1 is 1.19 bits per heavy atom. The largest absolute Gasteiger partial charge is 0.381 e. The number of rotatable bonds is 12. The van der Waals surface area contributed by atoms with E-state index in [9.17, 15) is 4.79 Å². The number of carbonyl (C=O) groups is 1. The SMILES string of the molecule is CCCCOCCCNC(=NC)NCCCN1CCCC1C(=O)N(C)C.I. The molecule has 0 aromatic heterocycles. The normalized spacial score (nSPS) is 17.5. The molecule has 1 heterocycles. The summed E-state index contributed by atoms with van der Waals surface area (Å²) in [6.45, 7) is 7.50. The summed E-state index contributed by atoms with van der Waals surface area (Å²) in [5, 5.41) is 6.66. The van der Waals surface area contributed by atoms with E-state index in [1.807, 2.05) is 14.1 Å². The number of amides is 1. The van der Waals surface area contributed by atoms with Gasteiger partial charge in [-0.15, -0.1) is 24.0 Å². The lowest BCUT2D eigenvalue weighted by Gasteiger charge is -2.26. The minimum atomic E-state index is 0. The van der Waals surface area contributed by atoms with E-state index in [4.69, 9.17) is 4.74 Å². The molecule has 1 atom stereocenters. The number of likely N-dealkylation sites (N-methyl/N-ethyl adjacent to an activating group) is 1. The van der Waals surface area contributed by atoms with E-state index < -0.39 is 0 Å². The Morgan fingerprint density at radius 2 is 1.85 bits per heavy atom. The molecule has 0 aromatic carbocycles. The molecule has 7 nitrogen and oxygen atoms in total. The van der Waals surface area contributed by atoms with Crippen molar-refractivity contribution in [1.82, 2.24) is 20.4 Å². The quantitative estimate of drug-likeness (QED) is 0.187. The molecule has 1 fully saturated rings. The predicted molar refractivity (Wildman–Crippen MR) is 123 cm³/mol. The van der Waals surface area contributed by atoms with Gasteiger partial charge < -0.3 is 20.3 Å². The Labute approximate surface area is 182 Å². The number of hydrogen-bond acceptors (Lipinski definition) is 4. The van der Waals surface area contributed by atoms with Crippen LogP contribution in [-0.4, -0.2) is 88.2 Å². The van der Waals surface area contributed by atoms with Gasteiger partial charge in [0.2, 0.25) is 5.91 Å². The van der Waals surface area contributed by atoms with Crippen LogP contribution in [-0.2, 0) is 9.53 Å². The summed E-state index contributed by atoms with van der Waals surface area (Å²) in [7, 11) is 5.47. The Balaban J connectivity index is 0.00000676. The van der Waals surface area contributed by atoms with Crippen molar-refractivity contribution in [3.63, 3.8) is 0 Å². The van der Waals surface area contributed by atoms with Gasteiger partial charge in [0.1, 0.15) is 0 Å². The number of nitrogens with one attached hydrogen (secondary N) is 2. The van der Waals surface area contributed by atoms with Gasteiger partial charge in [-0.05, 0) is 38.6 Å². The molecule has 2 N–H and O–H groups in total. The third-order valence-corrected chi connectivity index (χ3v) is 4.63. The van der Waals surface area contributed by atoms with Crippen molar-refractivity contribution >= 4 is 35.8 Å². The zero-order valence-electron chi connectivity index (χ0n) is 17.6. The monoisotopic (exact) mass is 497 g/mol. The van der Waals surface area contributed by atoms with Gasteiger partial charge in [0.05, 0.1) is 6.04 Å². The van der Waals surface area contributed by atoms with Gasteiger partial charge in [-0.1, -0.05) is 13.3 Å². The Hall–Kier alpha value is -0.610. The van der Waals surface area contributed by atoms with Gasteiger partial charge >= 0.3 is 0 Å². The average Bonchev–Trinajstić information content (AvgIpc) is 3.10. The second kappa shape index (κ2) is 16.4. The molecule has 1 aliphatic rings. The van der Waals surface area contributed by atoms with Gasteiger partial charge in [0.15, 0.2) is 5.96 Å². The highest BCUT2D eigenvalue weighted by atomic mass is 127. The maximum atomic E-state index is 12.2. The lowest BCUT2D eigenvalue weighted by atomic mass is 10.2. The van der Waals surface area contributed by atoms with E-state index in [0.29, 0.717) is 0 Å². The number of unbranched alkanes of at least 4 members (excludes halogenated alkanes) is 1. The number of aliphatic imine (C=N–C) groups is 1. The summed E-state index contributed by atoms with van der Waals surface area (Å²) >= 11 is 0. The number of hydrogen-bond donors (Lipinski definition) is 2. The highest BCUT2D eigenvalue weighted by Gasteiger charge is 2.30. The molecule has 1 saturated heterocycles. The Kier molecular flexibility index (Phi) is 16.0. The van der Waals surface area contributed by atoms with Crippen LogP contribution in [0.1, 0.15) is 45.4 Å². The maximum absolute atomic E-state index is 12.2. The molecule has 27 heavy (non-hydrogen) atoms. The number of guanidine groups is 1. The molecule has 1 rings (SSSR count). The summed E-state index contributed by atoms with van der Waals surface area (Å²) in [5.74, 6) is 1.06. The van der Waals surface area contributed by atoms with Crippen molar-refractivity contribution < 1.29 is 9.53 Å². The first-order valence-electron chi connectivity index (χ1n) is 10.1. The molecule has 1 aliphatic heterocycles. The van der Waals surface area contributed by atoms with Crippen molar-refractivity contribution in [2.75, 3.05) is 60.5 Å². The second-order valence-electron chi connectivity index (χ2n) is 7.03. The summed E-state index contributed by atoms with van der Waals surface area (Å²) in [6.07, 6.45) is 6.38. The number of carbonyl (C=O) groups excluding carboxylic acids is 1. The zero-order valence-corrected chi connectivity index (χ0v) is 20.0. The van der Waals surface area contributed by atoms with Crippen molar-refractivity contribution in [3.05, 3.63) is 0 Å². The van der Waals surface area contributed by atoms with Gasteiger partial charge in [0, 0.05) is 54.0 Å². The molecular formula is C19H40IN5O2. The van der Waals surface area contributed by atoms with E-state index in [1.54, 1.807) is 11.9 Å². The van der Waals surface area contributed by atoms with E-state index in [0.717, 1.165) is 77.5 Å². The molecule has 0 radical (unpaired) electrons. The van der Waals surface area contributed by atoms with Crippen LogP contribution in [0.15, 0.2) is 4.99 Å². The van der Waals surface area contributed by atoms with Gasteiger partial charge in [-0.25, -0.2) is 0 Å². The van der Waals surface area contributed by atoms with E-state index in [2.05, 4.69) is 27.4 Å². The van der Waals surface area contributed by atoms with E-state index >= 15 is 0 Å². The smallest absolute Gasteiger partial charge is 0.239 e. The minimum Gasteiger partial charge on any atom is -0.381 e. The number of likely N-dealkylation sites (tertiary alicyclic amines) is 1. The Morgan fingerprint density at radius 3 is 2.48 bits per heavy atom.